The molecule has 0 radical (unpaired) electrons. The molecule has 1 aromatic carbocycles. The highest BCUT2D eigenvalue weighted by Gasteiger charge is 2.21. The summed E-state index contributed by atoms with van der Waals surface area (Å²) in [6, 6.07) is 4.08. The number of halogens is 3. The van der Waals surface area contributed by atoms with Crippen LogP contribution in [0.15, 0.2) is 24.4 Å². The molecule has 0 saturated heterocycles. The van der Waals surface area contributed by atoms with Crippen molar-refractivity contribution in [3.8, 4) is 11.1 Å². The van der Waals surface area contributed by atoms with Crippen LogP contribution in [-0.4, -0.2) is 26.9 Å². The molecule has 0 saturated carbocycles. The zero-order chi connectivity index (χ0) is 17.4. The molecule has 0 aliphatic carbocycles. The summed E-state index contributed by atoms with van der Waals surface area (Å²) >= 11 is 12.6. The van der Waals surface area contributed by atoms with Gasteiger partial charge in [0.05, 0.1) is 22.3 Å². The summed E-state index contributed by atoms with van der Waals surface area (Å²) in [5.41, 5.74) is 1.66. The molecule has 0 fully saturated rings. The SMILES string of the molecule is CC(C)Nc1c(-c2ccc(F)cc2Cl)c(Cl)nc2c(C=O)cnn12. The monoisotopic (exact) mass is 366 g/mol. The van der Waals surface area contributed by atoms with Crippen LogP contribution >= 0.6 is 23.2 Å². The van der Waals surface area contributed by atoms with Crippen molar-refractivity contribution in [2.75, 3.05) is 5.32 Å². The smallest absolute Gasteiger partial charge is 0.169 e. The standard InChI is InChI=1S/C16H13Cl2FN4O/c1-8(2)21-16-13(11-4-3-10(19)5-12(11)17)14(18)22-15-9(7-24)6-20-23(15)16/h3-8,21H,1-2H3. The molecule has 0 aliphatic heterocycles. The Hall–Kier alpha value is -2.18. The minimum Gasteiger partial charge on any atom is -0.367 e. The van der Waals surface area contributed by atoms with E-state index in [0.29, 0.717) is 34.4 Å². The Balaban J connectivity index is 2.37. The lowest BCUT2D eigenvalue weighted by Gasteiger charge is -2.18. The van der Waals surface area contributed by atoms with Crippen molar-refractivity contribution < 1.29 is 9.18 Å². The predicted octanol–water partition coefficient (Wildman–Crippen LogP) is 4.48. The molecule has 2 heterocycles. The van der Waals surface area contributed by atoms with Crippen molar-refractivity contribution in [3.63, 3.8) is 0 Å². The number of fused-ring (bicyclic) bond motifs is 1. The maximum Gasteiger partial charge on any atom is 0.169 e. The van der Waals surface area contributed by atoms with Crippen molar-refractivity contribution >= 4 is 41.0 Å². The molecule has 0 atom stereocenters. The Bertz CT molecular complexity index is 939. The van der Waals surface area contributed by atoms with Crippen LogP contribution in [0.1, 0.15) is 24.2 Å². The summed E-state index contributed by atoms with van der Waals surface area (Å²) in [6.07, 6.45) is 2.07. The summed E-state index contributed by atoms with van der Waals surface area (Å²) in [5.74, 6) is 0.0798. The third kappa shape index (κ3) is 2.83. The van der Waals surface area contributed by atoms with Gasteiger partial charge >= 0.3 is 0 Å². The number of hydrogen-bond acceptors (Lipinski definition) is 4. The van der Waals surface area contributed by atoms with E-state index in [-0.39, 0.29) is 16.2 Å². The van der Waals surface area contributed by atoms with Crippen molar-refractivity contribution in [1.29, 1.82) is 0 Å². The third-order valence-electron chi connectivity index (χ3n) is 3.38. The topological polar surface area (TPSA) is 59.3 Å². The van der Waals surface area contributed by atoms with Crippen LogP contribution in [0.5, 0.6) is 0 Å². The number of aromatic nitrogens is 3. The van der Waals surface area contributed by atoms with Crippen LogP contribution in [0, 0.1) is 5.82 Å². The van der Waals surface area contributed by atoms with Crippen molar-refractivity contribution in [2.24, 2.45) is 0 Å². The number of benzene rings is 1. The highest BCUT2D eigenvalue weighted by Crippen LogP contribution is 2.39. The van der Waals surface area contributed by atoms with Crippen LogP contribution in [0.4, 0.5) is 10.2 Å². The van der Waals surface area contributed by atoms with Gasteiger partial charge in [-0.15, -0.1) is 0 Å². The molecule has 3 rings (SSSR count). The minimum absolute atomic E-state index is 0.0496. The van der Waals surface area contributed by atoms with Crippen LogP contribution < -0.4 is 5.32 Å². The van der Waals surface area contributed by atoms with E-state index in [2.05, 4.69) is 15.4 Å². The second kappa shape index (κ2) is 6.37. The van der Waals surface area contributed by atoms with Gasteiger partial charge in [-0.2, -0.15) is 9.61 Å². The van der Waals surface area contributed by atoms with Gasteiger partial charge in [0.15, 0.2) is 11.9 Å². The van der Waals surface area contributed by atoms with Gasteiger partial charge in [0.1, 0.15) is 16.8 Å². The summed E-state index contributed by atoms with van der Waals surface area (Å²) < 4.78 is 14.9. The quantitative estimate of drug-likeness (QED) is 0.546. The van der Waals surface area contributed by atoms with Gasteiger partial charge in [0.25, 0.3) is 0 Å². The van der Waals surface area contributed by atoms with Gasteiger partial charge in [0, 0.05) is 11.6 Å². The van der Waals surface area contributed by atoms with E-state index in [9.17, 15) is 9.18 Å². The molecule has 0 bridgehead atoms. The summed E-state index contributed by atoms with van der Waals surface area (Å²) in [5, 5.41) is 7.79. The first-order valence-electron chi connectivity index (χ1n) is 7.16. The maximum atomic E-state index is 13.4. The number of aldehydes is 1. The van der Waals surface area contributed by atoms with Crippen LogP contribution in [0.3, 0.4) is 0 Å². The highest BCUT2D eigenvalue weighted by atomic mass is 35.5. The van der Waals surface area contributed by atoms with Gasteiger partial charge in [-0.3, -0.25) is 4.79 Å². The predicted molar refractivity (Wildman–Crippen MR) is 92.5 cm³/mol. The number of carbonyl (C=O) groups is 1. The van der Waals surface area contributed by atoms with Crippen LogP contribution in [-0.2, 0) is 0 Å². The fourth-order valence-electron chi connectivity index (χ4n) is 2.40. The average molecular weight is 367 g/mol. The number of anilines is 1. The van der Waals surface area contributed by atoms with Gasteiger partial charge in [-0.1, -0.05) is 23.2 Å². The molecule has 24 heavy (non-hydrogen) atoms. The molecule has 1 N–H and O–H groups in total. The van der Waals surface area contributed by atoms with E-state index in [1.54, 1.807) is 0 Å². The first kappa shape index (κ1) is 16.7. The Morgan fingerprint density at radius 3 is 2.71 bits per heavy atom. The molecule has 124 valence electrons. The number of rotatable bonds is 4. The van der Waals surface area contributed by atoms with Gasteiger partial charge in [-0.25, -0.2) is 9.37 Å². The molecule has 2 aromatic heterocycles. The lowest BCUT2D eigenvalue weighted by atomic mass is 10.1. The Kier molecular flexibility index (Phi) is 4.43. The number of nitrogens with zero attached hydrogens (tertiary/aromatic N) is 3. The zero-order valence-electron chi connectivity index (χ0n) is 12.8. The first-order valence-corrected chi connectivity index (χ1v) is 7.92. The van der Waals surface area contributed by atoms with E-state index < -0.39 is 5.82 Å². The normalized spacial score (nSPS) is 11.2. The van der Waals surface area contributed by atoms with E-state index in [1.807, 2.05) is 13.8 Å². The van der Waals surface area contributed by atoms with Crippen molar-refractivity contribution in [2.45, 2.75) is 19.9 Å². The maximum absolute atomic E-state index is 13.4. The summed E-state index contributed by atoms with van der Waals surface area (Å²) in [4.78, 5) is 15.4. The minimum atomic E-state index is -0.449. The van der Waals surface area contributed by atoms with Gasteiger partial charge < -0.3 is 5.32 Å². The second-order valence-electron chi connectivity index (χ2n) is 5.50. The van der Waals surface area contributed by atoms with Crippen molar-refractivity contribution in [1.82, 2.24) is 14.6 Å². The fraction of sp³-hybridized carbons (Fsp3) is 0.188. The van der Waals surface area contributed by atoms with E-state index in [1.165, 1.54) is 28.9 Å². The first-order chi connectivity index (χ1) is 11.4. The molecule has 5 nitrogen and oxygen atoms in total. The van der Waals surface area contributed by atoms with Crippen LogP contribution in [0.25, 0.3) is 16.8 Å². The Morgan fingerprint density at radius 2 is 2.08 bits per heavy atom. The molecule has 3 aromatic rings. The highest BCUT2D eigenvalue weighted by molar-refractivity contribution is 6.36. The van der Waals surface area contributed by atoms with Crippen molar-refractivity contribution in [3.05, 3.63) is 46.0 Å². The fourth-order valence-corrected chi connectivity index (χ4v) is 2.94. The van der Waals surface area contributed by atoms with E-state index in [0.717, 1.165) is 0 Å². The molecule has 0 aliphatic rings. The average Bonchev–Trinajstić information content (AvgIpc) is 2.91. The summed E-state index contributed by atoms with van der Waals surface area (Å²) in [6.45, 7) is 3.89. The van der Waals surface area contributed by atoms with Gasteiger partial charge in [0.2, 0.25) is 0 Å². The number of nitrogens with one attached hydrogen (secondary N) is 1. The largest absolute Gasteiger partial charge is 0.367 e. The van der Waals surface area contributed by atoms with Crippen LogP contribution in [0.2, 0.25) is 10.2 Å². The molecule has 0 spiro atoms. The molecule has 0 amide bonds. The summed E-state index contributed by atoms with van der Waals surface area (Å²) in [7, 11) is 0. The molecule has 8 heteroatoms. The number of carbonyl (C=O) groups excluding carboxylic acids is 1. The molecule has 0 unspecified atom stereocenters. The molecular weight excluding hydrogens is 354 g/mol. The molecular formula is C16H13Cl2FN4O. The lowest BCUT2D eigenvalue weighted by Crippen LogP contribution is -2.15. The third-order valence-corrected chi connectivity index (χ3v) is 3.97. The van der Waals surface area contributed by atoms with Gasteiger partial charge in [-0.05, 0) is 32.0 Å². The Morgan fingerprint density at radius 1 is 1.33 bits per heavy atom. The van der Waals surface area contributed by atoms with E-state index in [4.69, 9.17) is 23.2 Å². The van der Waals surface area contributed by atoms with E-state index >= 15 is 0 Å². The zero-order valence-corrected chi connectivity index (χ0v) is 14.4. The Labute approximate surface area is 147 Å². The number of hydrogen-bond donors (Lipinski definition) is 1. The second-order valence-corrected chi connectivity index (χ2v) is 6.27. The lowest BCUT2D eigenvalue weighted by molar-refractivity contribution is 0.112.